The van der Waals surface area contributed by atoms with E-state index in [2.05, 4.69) is 58.1 Å². The summed E-state index contributed by atoms with van der Waals surface area (Å²) in [5.41, 5.74) is 2.93. The Morgan fingerprint density at radius 2 is 2.00 bits per heavy atom. The number of ether oxygens (including phenoxy) is 1. The lowest BCUT2D eigenvalue weighted by molar-refractivity contribution is 0.335. The Hall–Kier alpha value is -1.02. The SMILES string of the molecule is CC(CNC(C)(C)C)C(C)c1cccc2c1OCC2. The van der Waals surface area contributed by atoms with Crippen LogP contribution in [0.5, 0.6) is 5.75 Å². The van der Waals surface area contributed by atoms with Crippen LogP contribution in [0.1, 0.15) is 51.7 Å². The van der Waals surface area contributed by atoms with Gasteiger partial charge < -0.3 is 10.1 Å². The maximum atomic E-state index is 5.83. The molecule has 0 saturated heterocycles. The molecule has 0 fully saturated rings. The van der Waals surface area contributed by atoms with Crippen molar-refractivity contribution in [3.05, 3.63) is 29.3 Å². The first-order chi connectivity index (χ1) is 8.88. The zero-order chi connectivity index (χ0) is 14.0. The van der Waals surface area contributed by atoms with Crippen LogP contribution < -0.4 is 10.1 Å². The Bertz CT molecular complexity index is 433. The van der Waals surface area contributed by atoms with Crippen molar-refractivity contribution in [2.75, 3.05) is 13.2 Å². The lowest BCUT2D eigenvalue weighted by atomic mass is 9.87. The number of fused-ring (bicyclic) bond motifs is 1. The summed E-state index contributed by atoms with van der Waals surface area (Å²) in [6, 6.07) is 6.59. The first-order valence-electron chi connectivity index (χ1n) is 7.38. The molecule has 0 spiro atoms. The highest BCUT2D eigenvalue weighted by Crippen LogP contribution is 2.37. The van der Waals surface area contributed by atoms with Gasteiger partial charge in [-0.05, 0) is 50.3 Å². The highest BCUT2D eigenvalue weighted by atomic mass is 16.5. The molecule has 106 valence electrons. The second kappa shape index (κ2) is 5.54. The molecule has 19 heavy (non-hydrogen) atoms. The quantitative estimate of drug-likeness (QED) is 0.891. The standard InChI is InChI=1S/C17H27NO/c1-12(11-18-17(3,4)5)13(2)15-8-6-7-14-9-10-19-16(14)15/h6-8,12-13,18H,9-11H2,1-5H3. The van der Waals surface area contributed by atoms with Gasteiger partial charge in [0.2, 0.25) is 0 Å². The summed E-state index contributed by atoms with van der Waals surface area (Å²) < 4.78 is 5.83. The Balaban J connectivity index is 2.07. The van der Waals surface area contributed by atoms with Crippen molar-refractivity contribution in [1.82, 2.24) is 5.32 Å². The van der Waals surface area contributed by atoms with Crippen LogP contribution in [0.3, 0.4) is 0 Å². The summed E-state index contributed by atoms with van der Waals surface area (Å²) in [4.78, 5) is 0. The van der Waals surface area contributed by atoms with Crippen LogP contribution in [0.25, 0.3) is 0 Å². The average Bonchev–Trinajstić information content (AvgIpc) is 2.82. The van der Waals surface area contributed by atoms with E-state index in [0.717, 1.165) is 25.3 Å². The smallest absolute Gasteiger partial charge is 0.126 e. The van der Waals surface area contributed by atoms with Crippen molar-refractivity contribution in [2.45, 2.75) is 52.5 Å². The Kier molecular flexibility index (Phi) is 4.19. The van der Waals surface area contributed by atoms with Crippen molar-refractivity contribution in [3.8, 4) is 5.75 Å². The molecule has 0 aromatic heterocycles. The maximum Gasteiger partial charge on any atom is 0.126 e. The van der Waals surface area contributed by atoms with Gasteiger partial charge in [-0.25, -0.2) is 0 Å². The number of benzene rings is 1. The molecule has 0 aliphatic carbocycles. The molecule has 0 saturated carbocycles. The Labute approximate surface area is 117 Å². The minimum Gasteiger partial charge on any atom is -0.493 e. The fraction of sp³-hybridized carbons (Fsp3) is 0.647. The van der Waals surface area contributed by atoms with Crippen LogP contribution in [-0.4, -0.2) is 18.7 Å². The number of hydrogen-bond acceptors (Lipinski definition) is 2. The van der Waals surface area contributed by atoms with Gasteiger partial charge in [0.25, 0.3) is 0 Å². The normalized spacial score (nSPS) is 17.7. The van der Waals surface area contributed by atoms with E-state index in [1.165, 1.54) is 11.1 Å². The van der Waals surface area contributed by atoms with Crippen molar-refractivity contribution in [3.63, 3.8) is 0 Å². The number of rotatable bonds is 4. The summed E-state index contributed by atoms with van der Waals surface area (Å²) in [5, 5.41) is 3.60. The van der Waals surface area contributed by atoms with Crippen LogP contribution >= 0.6 is 0 Å². The molecular formula is C17H27NO. The molecule has 0 radical (unpaired) electrons. The van der Waals surface area contributed by atoms with E-state index in [9.17, 15) is 0 Å². The van der Waals surface area contributed by atoms with Gasteiger partial charge in [0.15, 0.2) is 0 Å². The monoisotopic (exact) mass is 261 g/mol. The molecule has 1 aliphatic heterocycles. The van der Waals surface area contributed by atoms with E-state index in [1.807, 2.05) is 0 Å². The van der Waals surface area contributed by atoms with Crippen molar-refractivity contribution in [1.29, 1.82) is 0 Å². The Morgan fingerprint density at radius 3 is 2.68 bits per heavy atom. The lowest BCUT2D eigenvalue weighted by Crippen LogP contribution is -2.39. The third-order valence-corrected chi connectivity index (χ3v) is 4.04. The fourth-order valence-corrected chi connectivity index (χ4v) is 2.55. The highest BCUT2D eigenvalue weighted by Gasteiger charge is 2.23. The topological polar surface area (TPSA) is 21.3 Å². The molecule has 0 bridgehead atoms. The number of nitrogens with one attached hydrogen (secondary N) is 1. The first kappa shape index (κ1) is 14.4. The van der Waals surface area contributed by atoms with Crippen LogP contribution in [0, 0.1) is 5.92 Å². The molecule has 1 aromatic carbocycles. The molecular weight excluding hydrogens is 234 g/mol. The van der Waals surface area contributed by atoms with Crippen molar-refractivity contribution in [2.24, 2.45) is 5.92 Å². The van der Waals surface area contributed by atoms with Gasteiger partial charge >= 0.3 is 0 Å². The predicted octanol–water partition coefficient (Wildman–Crippen LogP) is 3.75. The van der Waals surface area contributed by atoms with Crippen LogP contribution in [-0.2, 0) is 6.42 Å². The second-order valence-electron chi connectivity index (χ2n) is 6.83. The molecule has 1 N–H and O–H groups in total. The van der Waals surface area contributed by atoms with Gasteiger partial charge in [-0.3, -0.25) is 0 Å². The van der Waals surface area contributed by atoms with E-state index in [1.54, 1.807) is 0 Å². The molecule has 2 rings (SSSR count). The van der Waals surface area contributed by atoms with Crippen LogP contribution in [0.15, 0.2) is 18.2 Å². The van der Waals surface area contributed by atoms with Gasteiger partial charge in [-0.2, -0.15) is 0 Å². The predicted molar refractivity (Wildman–Crippen MR) is 81.0 cm³/mol. The summed E-state index contributed by atoms with van der Waals surface area (Å²) in [5.74, 6) is 2.26. The molecule has 1 aromatic rings. The van der Waals surface area contributed by atoms with Crippen LogP contribution in [0.4, 0.5) is 0 Å². The Morgan fingerprint density at radius 1 is 1.26 bits per heavy atom. The summed E-state index contributed by atoms with van der Waals surface area (Å²) in [6.07, 6.45) is 1.06. The molecule has 2 heteroatoms. The third kappa shape index (κ3) is 3.50. The largest absolute Gasteiger partial charge is 0.493 e. The molecule has 0 amide bonds. The van der Waals surface area contributed by atoms with Gasteiger partial charge in [-0.1, -0.05) is 32.0 Å². The van der Waals surface area contributed by atoms with E-state index in [4.69, 9.17) is 4.74 Å². The molecule has 2 nitrogen and oxygen atoms in total. The van der Waals surface area contributed by atoms with E-state index < -0.39 is 0 Å². The van der Waals surface area contributed by atoms with Gasteiger partial charge in [0.1, 0.15) is 5.75 Å². The van der Waals surface area contributed by atoms with Crippen LogP contribution in [0.2, 0.25) is 0 Å². The highest BCUT2D eigenvalue weighted by molar-refractivity contribution is 5.45. The van der Waals surface area contributed by atoms with Gasteiger partial charge in [0, 0.05) is 12.0 Å². The minimum absolute atomic E-state index is 0.184. The second-order valence-corrected chi connectivity index (χ2v) is 6.83. The van der Waals surface area contributed by atoms with E-state index in [-0.39, 0.29) is 5.54 Å². The number of hydrogen-bond donors (Lipinski definition) is 1. The molecule has 1 aliphatic rings. The van der Waals surface area contributed by atoms with Crippen molar-refractivity contribution >= 4 is 0 Å². The molecule has 1 heterocycles. The van der Waals surface area contributed by atoms with E-state index in [0.29, 0.717) is 11.8 Å². The fourth-order valence-electron chi connectivity index (χ4n) is 2.55. The minimum atomic E-state index is 0.184. The van der Waals surface area contributed by atoms with Gasteiger partial charge in [0.05, 0.1) is 6.61 Å². The lowest BCUT2D eigenvalue weighted by Gasteiger charge is -2.27. The maximum absolute atomic E-state index is 5.83. The zero-order valence-corrected chi connectivity index (χ0v) is 12.9. The summed E-state index contributed by atoms with van der Waals surface area (Å²) in [6.45, 7) is 13.2. The number of para-hydroxylation sites is 1. The van der Waals surface area contributed by atoms with Crippen molar-refractivity contribution < 1.29 is 4.74 Å². The van der Waals surface area contributed by atoms with Gasteiger partial charge in [-0.15, -0.1) is 0 Å². The molecule has 2 unspecified atom stereocenters. The average molecular weight is 261 g/mol. The third-order valence-electron chi connectivity index (χ3n) is 4.04. The first-order valence-corrected chi connectivity index (χ1v) is 7.38. The molecule has 2 atom stereocenters. The summed E-state index contributed by atoms with van der Waals surface area (Å²) >= 11 is 0. The zero-order valence-electron chi connectivity index (χ0n) is 12.9. The van der Waals surface area contributed by atoms with E-state index >= 15 is 0 Å². The summed E-state index contributed by atoms with van der Waals surface area (Å²) in [7, 11) is 0.